The largest absolute Gasteiger partial charge is 0.495 e. The second kappa shape index (κ2) is 9.44. The molecule has 3 aromatic rings. The van der Waals surface area contributed by atoms with Crippen LogP contribution in [0.15, 0.2) is 48.5 Å². The molecule has 33 heavy (non-hydrogen) atoms. The zero-order valence-electron chi connectivity index (χ0n) is 17.8. The number of alkyl halides is 3. The highest BCUT2D eigenvalue weighted by atomic mass is 35.5. The molecule has 4 rings (SSSR count). The van der Waals surface area contributed by atoms with E-state index < -0.39 is 17.8 Å². The lowest BCUT2D eigenvalue weighted by Gasteiger charge is -2.28. The molecular formula is C23H22ClF3N4O2. The van der Waals surface area contributed by atoms with Gasteiger partial charge in [-0.15, -0.1) is 0 Å². The number of carbonyl (C=O) groups is 1. The number of nitrogens with zero attached hydrogens (tertiary/aromatic N) is 3. The molecule has 1 aromatic heterocycles. The Bertz CT molecular complexity index is 1150. The molecule has 0 unspecified atom stereocenters. The third kappa shape index (κ3) is 5.31. The van der Waals surface area contributed by atoms with E-state index in [1.165, 1.54) is 13.2 Å². The maximum absolute atomic E-state index is 13.7. The molecule has 2 aromatic carbocycles. The van der Waals surface area contributed by atoms with Crippen LogP contribution < -0.4 is 10.1 Å². The van der Waals surface area contributed by atoms with Gasteiger partial charge in [0.25, 0.3) is 0 Å². The van der Waals surface area contributed by atoms with Gasteiger partial charge in [-0.25, -0.2) is 0 Å². The van der Waals surface area contributed by atoms with Gasteiger partial charge in [0.15, 0.2) is 5.69 Å². The standard InChI is InChI=1S/C23H22ClF3N4O2/c1-33-20-8-7-16(24)11-18(20)28-21(32)14-31-19-9-10-30(12-15-5-3-2-4-6-15)13-17(19)22(29-31)23(25,26)27/h2-8,11H,9-10,12-14H2,1H3,(H,28,32). The average molecular weight is 479 g/mol. The minimum atomic E-state index is -4.61. The van der Waals surface area contributed by atoms with E-state index in [1.807, 2.05) is 35.2 Å². The number of amides is 1. The number of anilines is 1. The normalized spacial score (nSPS) is 14.1. The summed E-state index contributed by atoms with van der Waals surface area (Å²) >= 11 is 5.98. The number of aromatic nitrogens is 2. The Morgan fingerprint density at radius 2 is 1.97 bits per heavy atom. The summed E-state index contributed by atoms with van der Waals surface area (Å²) in [6.07, 6.45) is -4.25. The van der Waals surface area contributed by atoms with Crippen LogP contribution in [0.4, 0.5) is 18.9 Å². The summed E-state index contributed by atoms with van der Waals surface area (Å²) in [7, 11) is 1.44. The van der Waals surface area contributed by atoms with Crippen molar-refractivity contribution in [2.24, 2.45) is 0 Å². The lowest BCUT2D eigenvalue weighted by atomic mass is 10.0. The summed E-state index contributed by atoms with van der Waals surface area (Å²) in [6.45, 7) is 0.863. The summed E-state index contributed by atoms with van der Waals surface area (Å²) in [6, 6.07) is 14.3. The molecule has 0 saturated carbocycles. The second-order valence-corrected chi connectivity index (χ2v) is 8.20. The summed E-state index contributed by atoms with van der Waals surface area (Å²) in [5.74, 6) is -0.135. The minimum absolute atomic E-state index is 0.114. The fourth-order valence-corrected chi connectivity index (χ4v) is 4.16. The highest BCUT2D eigenvalue weighted by molar-refractivity contribution is 6.31. The van der Waals surface area contributed by atoms with Crippen LogP contribution in [0.3, 0.4) is 0 Å². The van der Waals surface area contributed by atoms with Gasteiger partial charge in [-0.3, -0.25) is 14.4 Å². The Balaban J connectivity index is 1.55. The number of fused-ring (bicyclic) bond motifs is 1. The van der Waals surface area contributed by atoms with Crippen molar-refractivity contribution in [2.45, 2.75) is 32.2 Å². The molecular weight excluding hydrogens is 457 g/mol. The first-order chi connectivity index (χ1) is 15.7. The van der Waals surface area contributed by atoms with Crippen molar-refractivity contribution >= 4 is 23.2 Å². The molecule has 10 heteroatoms. The third-order valence-electron chi connectivity index (χ3n) is 5.46. The van der Waals surface area contributed by atoms with Crippen molar-refractivity contribution < 1.29 is 22.7 Å². The molecule has 1 aliphatic rings. The molecule has 0 radical (unpaired) electrons. The van der Waals surface area contributed by atoms with Crippen LogP contribution in [0, 0.1) is 0 Å². The highest BCUT2D eigenvalue weighted by Crippen LogP contribution is 2.35. The van der Waals surface area contributed by atoms with Crippen molar-refractivity contribution in [3.8, 4) is 5.75 Å². The van der Waals surface area contributed by atoms with E-state index in [0.29, 0.717) is 41.7 Å². The van der Waals surface area contributed by atoms with Gasteiger partial charge in [-0.2, -0.15) is 18.3 Å². The molecule has 174 valence electrons. The van der Waals surface area contributed by atoms with Crippen LogP contribution in [0.1, 0.15) is 22.5 Å². The van der Waals surface area contributed by atoms with E-state index >= 15 is 0 Å². The molecule has 1 aliphatic heterocycles. The second-order valence-electron chi connectivity index (χ2n) is 7.77. The third-order valence-corrected chi connectivity index (χ3v) is 5.69. The molecule has 0 atom stereocenters. The Morgan fingerprint density at radius 3 is 2.67 bits per heavy atom. The monoisotopic (exact) mass is 478 g/mol. The van der Waals surface area contributed by atoms with Gasteiger partial charge >= 0.3 is 6.18 Å². The Hall–Kier alpha value is -3.04. The van der Waals surface area contributed by atoms with E-state index in [0.717, 1.165) is 10.2 Å². The van der Waals surface area contributed by atoms with Crippen LogP contribution in [-0.4, -0.2) is 34.2 Å². The molecule has 1 amide bonds. The number of hydrogen-bond acceptors (Lipinski definition) is 4. The molecule has 6 nitrogen and oxygen atoms in total. The van der Waals surface area contributed by atoms with Crippen LogP contribution in [-0.2, 0) is 37.0 Å². The Kier molecular flexibility index (Phi) is 6.62. The van der Waals surface area contributed by atoms with Gasteiger partial charge < -0.3 is 10.1 Å². The smallest absolute Gasteiger partial charge is 0.435 e. The topological polar surface area (TPSA) is 59.4 Å². The Morgan fingerprint density at radius 1 is 1.21 bits per heavy atom. The number of carbonyl (C=O) groups excluding carboxylic acids is 1. The molecule has 1 N–H and O–H groups in total. The van der Waals surface area contributed by atoms with Crippen molar-refractivity contribution in [3.63, 3.8) is 0 Å². The predicted octanol–water partition coefficient (Wildman–Crippen LogP) is 4.76. The number of rotatable bonds is 6. The maximum Gasteiger partial charge on any atom is 0.435 e. The summed E-state index contributed by atoms with van der Waals surface area (Å²) in [5, 5.41) is 6.83. The van der Waals surface area contributed by atoms with E-state index in [9.17, 15) is 18.0 Å². The highest BCUT2D eigenvalue weighted by Gasteiger charge is 2.40. The van der Waals surface area contributed by atoms with Crippen LogP contribution in [0.5, 0.6) is 5.75 Å². The fourth-order valence-electron chi connectivity index (χ4n) is 3.99. The van der Waals surface area contributed by atoms with E-state index in [2.05, 4.69) is 10.4 Å². The van der Waals surface area contributed by atoms with Gasteiger partial charge in [0.2, 0.25) is 5.91 Å². The van der Waals surface area contributed by atoms with Gasteiger partial charge in [0.1, 0.15) is 12.3 Å². The van der Waals surface area contributed by atoms with Gasteiger partial charge in [-0.1, -0.05) is 41.9 Å². The van der Waals surface area contributed by atoms with Crippen molar-refractivity contribution in [3.05, 3.63) is 76.1 Å². The zero-order chi connectivity index (χ0) is 23.6. The molecule has 0 aliphatic carbocycles. The molecule has 0 saturated heterocycles. The first kappa shape index (κ1) is 23.1. The fraction of sp³-hybridized carbons (Fsp3) is 0.304. The van der Waals surface area contributed by atoms with E-state index in [1.54, 1.807) is 12.1 Å². The molecule has 2 heterocycles. The molecule has 0 fully saturated rings. The quantitative estimate of drug-likeness (QED) is 0.555. The number of nitrogens with one attached hydrogen (secondary N) is 1. The molecule has 0 bridgehead atoms. The summed E-state index contributed by atoms with van der Waals surface area (Å²) in [4.78, 5) is 14.6. The first-order valence-corrected chi connectivity index (χ1v) is 10.7. The Labute approximate surface area is 193 Å². The zero-order valence-corrected chi connectivity index (χ0v) is 18.6. The number of hydrogen-bond donors (Lipinski definition) is 1. The van der Waals surface area contributed by atoms with Crippen LogP contribution in [0.25, 0.3) is 0 Å². The summed E-state index contributed by atoms with van der Waals surface area (Å²) < 4.78 is 47.6. The van der Waals surface area contributed by atoms with Crippen LogP contribution >= 0.6 is 11.6 Å². The number of benzene rings is 2. The average Bonchev–Trinajstić information content (AvgIpc) is 3.12. The summed E-state index contributed by atoms with van der Waals surface area (Å²) in [5.41, 5.74) is 0.971. The van der Waals surface area contributed by atoms with Crippen molar-refractivity contribution in [1.29, 1.82) is 0 Å². The predicted molar refractivity (Wildman–Crippen MR) is 118 cm³/mol. The lowest BCUT2D eigenvalue weighted by molar-refractivity contribution is -0.142. The van der Waals surface area contributed by atoms with Crippen LogP contribution in [0.2, 0.25) is 5.02 Å². The van der Waals surface area contributed by atoms with Crippen molar-refractivity contribution in [1.82, 2.24) is 14.7 Å². The van der Waals surface area contributed by atoms with Gasteiger partial charge in [0.05, 0.1) is 12.8 Å². The number of ether oxygens (including phenoxy) is 1. The number of methoxy groups -OCH3 is 1. The maximum atomic E-state index is 13.7. The first-order valence-electron chi connectivity index (χ1n) is 10.3. The van der Waals surface area contributed by atoms with E-state index in [4.69, 9.17) is 16.3 Å². The van der Waals surface area contributed by atoms with Gasteiger partial charge in [0, 0.05) is 42.3 Å². The number of halogens is 4. The minimum Gasteiger partial charge on any atom is -0.495 e. The van der Waals surface area contributed by atoms with Gasteiger partial charge in [-0.05, 0) is 23.8 Å². The van der Waals surface area contributed by atoms with Crippen molar-refractivity contribution in [2.75, 3.05) is 19.0 Å². The molecule has 0 spiro atoms. The SMILES string of the molecule is COc1ccc(Cl)cc1NC(=O)Cn1nc(C(F)(F)F)c2c1CCN(Cc1ccccc1)C2. The van der Waals surface area contributed by atoms with E-state index in [-0.39, 0.29) is 18.7 Å². The lowest BCUT2D eigenvalue weighted by Crippen LogP contribution is -2.32.